The Morgan fingerprint density at radius 1 is 0.968 bits per heavy atom. The van der Waals surface area contributed by atoms with Gasteiger partial charge in [-0.2, -0.15) is 0 Å². The molecule has 5 heteroatoms. The zero-order chi connectivity index (χ0) is 23.3. The monoisotopic (exact) mass is 421 g/mol. The van der Waals surface area contributed by atoms with Crippen molar-refractivity contribution in [1.82, 2.24) is 9.13 Å². The van der Waals surface area contributed by atoms with Gasteiger partial charge in [0.2, 0.25) is 5.62 Å². The average molecular weight is 422 g/mol. The van der Waals surface area contributed by atoms with Crippen molar-refractivity contribution >= 4 is 16.8 Å². The number of carbonyl (C=O) groups excluding carboxylic acids is 1. The van der Waals surface area contributed by atoms with Crippen molar-refractivity contribution in [3.8, 4) is 5.75 Å². The van der Waals surface area contributed by atoms with E-state index in [1.807, 2.05) is 96.4 Å². The maximum absolute atomic E-state index is 13.5. The van der Waals surface area contributed by atoms with E-state index in [0.29, 0.717) is 11.2 Å². The lowest BCUT2D eigenvalue weighted by Gasteiger charge is -2.28. The van der Waals surface area contributed by atoms with Gasteiger partial charge in [0.05, 0.1) is 17.6 Å². The second-order valence-corrected chi connectivity index (χ2v) is 10.7. The Hall–Kier alpha value is -2.82. The first-order valence-corrected chi connectivity index (χ1v) is 10.9. The average Bonchev–Trinajstić information content (AvgIpc) is 2.91. The molecular formula is C26H35N3O2. The molecule has 0 aliphatic rings. The van der Waals surface area contributed by atoms with Crippen molar-refractivity contribution in [2.45, 2.75) is 78.8 Å². The number of para-hydroxylation sites is 2. The van der Waals surface area contributed by atoms with E-state index >= 15 is 0 Å². The van der Waals surface area contributed by atoms with Crippen molar-refractivity contribution in [3.05, 3.63) is 58.7 Å². The van der Waals surface area contributed by atoms with E-state index in [-0.39, 0.29) is 34.9 Å². The fourth-order valence-electron chi connectivity index (χ4n) is 4.11. The van der Waals surface area contributed by atoms with Crippen LogP contribution in [0, 0.1) is 5.41 Å². The molecule has 3 rings (SSSR count). The number of ketones is 1. The first-order valence-electron chi connectivity index (χ1n) is 10.9. The molecule has 0 amide bonds. The number of carbonyl (C=O) groups is 1. The molecular weight excluding hydrogens is 386 g/mol. The molecule has 0 spiro atoms. The minimum absolute atomic E-state index is 0.0684. The highest BCUT2D eigenvalue weighted by Gasteiger charge is 2.28. The molecule has 1 heterocycles. The Kier molecular flexibility index (Phi) is 5.68. The molecule has 2 aromatic carbocycles. The van der Waals surface area contributed by atoms with Crippen molar-refractivity contribution in [2.24, 2.45) is 0 Å². The van der Waals surface area contributed by atoms with Crippen LogP contribution >= 0.6 is 0 Å². The van der Waals surface area contributed by atoms with Gasteiger partial charge in [-0.1, -0.05) is 53.7 Å². The molecule has 31 heavy (non-hydrogen) atoms. The van der Waals surface area contributed by atoms with Crippen molar-refractivity contribution in [1.29, 1.82) is 5.41 Å². The van der Waals surface area contributed by atoms with Gasteiger partial charge in [-0.05, 0) is 48.9 Å². The van der Waals surface area contributed by atoms with Crippen LogP contribution < -0.4 is 5.62 Å². The van der Waals surface area contributed by atoms with Crippen LogP contribution in [0.25, 0.3) is 11.0 Å². The Labute approximate surface area is 184 Å². The van der Waals surface area contributed by atoms with Crippen LogP contribution in [0.5, 0.6) is 5.75 Å². The van der Waals surface area contributed by atoms with Crippen molar-refractivity contribution in [3.63, 3.8) is 0 Å². The molecule has 5 nitrogen and oxygen atoms in total. The lowest BCUT2D eigenvalue weighted by atomic mass is 9.78. The van der Waals surface area contributed by atoms with Crippen LogP contribution in [0.15, 0.2) is 36.4 Å². The predicted octanol–water partition coefficient (Wildman–Crippen LogP) is 5.69. The Morgan fingerprint density at radius 2 is 1.45 bits per heavy atom. The Balaban J connectivity index is 2.16. The predicted molar refractivity (Wildman–Crippen MR) is 126 cm³/mol. The first kappa shape index (κ1) is 22.9. The number of rotatable bonds is 4. The van der Waals surface area contributed by atoms with Crippen LogP contribution in [-0.4, -0.2) is 20.0 Å². The number of benzene rings is 2. The minimum atomic E-state index is -0.304. The van der Waals surface area contributed by atoms with Gasteiger partial charge in [0.25, 0.3) is 0 Å². The lowest BCUT2D eigenvalue weighted by Crippen LogP contribution is -2.28. The van der Waals surface area contributed by atoms with Gasteiger partial charge >= 0.3 is 0 Å². The summed E-state index contributed by atoms with van der Waals surface area (Å²) in [6.07, 6.45) is 0. The third-order valence-corrected chi connectivity index (χ3v) is 5.78. The van der Waals surface area contributed by atoms with Crippen LogP contribution in [0.4, 0.5) is 0 Å². The van der Waals surface area contributed by atoms with E-state index in [2.05, 4.69) is 0 Å². The maximum atomic E-state index is 13.5. The van der Waals surface area contributed by atoms with Gasteiger partial charge in [-0.15, -0.1) is 0 Å². The summed E-state index contributed by atoms with van der Waals surface area (Å²) in [5.41, 5.74) is 3.64. The third kappa shape index (κ3) is 4.18. The topological polar surface area (TPSA) is 71.0 Å². The van der Waals surface area contributed by atoms with Gasteiger partial charge in [-0.3, -0.25) is 10.2 Å². The molecule has 0 saturated heterocycles. The van der Waals surface area contributed by atoms with Crippen LogP contribution in [0.1, 0.15) is 82.9 Å². The third-order valence-electron chi connectivity index (χ3n) is 5.78. The first-order chi connectivity index (χ1) is 14.2. The number of phenolic OH excluding ortho intramolecular Hbond substituents is 1. The highest BCUT2D eigenvalue weighted by atomic mass is 16.3. The van der Waals surface area contributed by atoms with Gasteiger partial charge in [0.1, 0.15) is 5.75 Å². The van der Waals surface area contributed by atoms with E-state index in [1.165, 1.54) is 0 Å². The number of fused-ring (bicyclic) bond motifs is 1. The summed E-state index contributed by atoms with van der Waals surface area (Å²) in [5, 5.41) is 19.7. The van der Waals surface area contributed by atoms with E-state index in [4.69, 9.17) is 5.41 Å². The molecule has 0 aliphatic heterocycles. The lowest BCUT2D eigenvalue weighted by molar-refractivity contribution is 0.0971. The normalized spacial score (nSPS) is 12.7. The molecule has 3 aromatic rings. The van der Waals surface area contributed by atoms with Crippen LogP contribution in [0.2, 0.25) is 0 Å². The van der Waals surface area contributed by atoms with E-state index < -0.39 is 0 Å². The molecule has 0 fully saturated rings. The zero-order valence-corrected chi connectivity index (χ0v) is 20.0. The van der Waals surface area contributed by atoms with Crippen molar-refractivity contribution < 1.29 is 9.90 Å². The number of aromatic hydroxyl groups is 1. The summed E-state index contributed by atoms with van der Waals surface area (Å²) >= 11 is 0. The van der Waals surface area contributed by atoms with Gasteiger partial charge in [0, 0.05) is 22.7 Å². The van der Waals surface area contributed by atoms with Crippen molar-refractivity contribution in [2.75, 3.05) is 0 Å². The molecule has 0 atom stereocenters. The second-order valence-electron chi connectivity index (χ2n) is 10.7. The quantitative estimate of drug-likeness (QED) is 0.532. The zero-order valence-electron chi connectivity index (χ0n) is 20.0. The number of imidazole rings is 1. The summed E-state index contributed by atoms with van der Waals surface area (Å²) < 4.78 is 3.72. The van der Waals surface area contributed by atoms with E-state index in [9.17, 15) is 9.90 Å². The van der Waals surface area contributed by atoms with E-state index in [0.717, 1.165) is 22.2 Å². The van der Waals surface area contributed by atoms with E-state index in [1.54, 1.807) is 4.57 Å². The number of Topliss-reactive ketones (excluding diaryl/α,β-unsaturated/α-hetero) is 1. The Bertz CT molecular complexity index is 1160. The molecule has 0 aliphatic carbocycles. The van der Waals surface area contributed by atoms with Crippen LogP contribution in [-0.2, 0) is 17.4 Å². The number of phenols is 1. The standard InChI is InChI=1S/C26H35N3O2/c1-16(2)29-21-12-10-9-11-20(21)28(24(29)27)15-22(30)17-13-18(25(3,4)5)23(31)19(14-17)26(6,7)8/h9-14,16,27,31H,15H2,1-8H3. The van der Waals surface area contributed by atoms with Gasteiger partial charge in [0.15, 0.2) is 5.78 Å². The number of aromatic nitrogens is 2. The molecule has 1 aromatic heterocycles. The molecule has 0 bridgehead atoms. The summed E-state index contributed by atoms with van der Waals surface area (Å²) in [5.74, 6) is 0.197. The van der Waals surface area contributed by atoms with Gasteiger partial charge in [-0.25, -0.2) is 0 Å². The summed E-state index contributed by atoms with van der Waals surface area (Å²) in [7, 11) is 0. The number of nitrogens with zero attached hydrogens (tertiary/aromatic N) is 2. The second kappa shape index (κ2) is 7.70. The SMILES string of the molecule is CC(C)n1c(=N)n(CC(=O)c2cc(C(C)(C)C)c(O)c(C(C)(C)C)c2)c2ccccc21. The Morgan fingerprint density at radius 3 is 1.90 bits per heavy atom. The summed E-state index contributed by atoms with van der Waals surface area (Å²) in [4.78, 5) is 13.5. The van der Waals surface area contributed by atoms with Crippen LogP contribution in [0.3, 0.4) is 0 Å². The summed E-state index contributed by atoms with van der Waals surface area (Å²) in [6, 6.07) is 11.6. The smallest absolute Gasteiger partial charge is 0.203 e. The highest BCUT2D eigenvalue weighted by molar-refractivity contribution is 5.97. The molecule has 166 valence electrons. The fraction of sp³-hybridized carbons (Fsp3) is 0.462. The molecule has 0 unspecified atom stereocenters. The minimum Gasteiger partial charge on any atom is -0.507 e. The number of nitrogens with one attached hydrogen (secondary N) is 1. The number of hydrogen-bond donors (Lipinski definition) is 2. The number of hydrogen-bond acceptors (Lipinski definition) is 3. The molecule has 0 radical (unpaired) electrons. The highest BCUT2D eigenvalue weighted by Crippen LogP contribution is 2.40. The molecule has 0 saturated carbocycles. The van der Waals surface area contributed by atoms with Gasteiger partial charge < -0.3 is 14.2 Å². The maximum Gasteiger partial charge on any atom is 0.203 e. The molecule has 2 N–H and O–H groups in total. The summed E-state index contributed by atoms with van der Waals surface area (Å²) in [6.45, 7) is 16.4. The largest absolute Gasteiger partial charge is 0.507 e. The fourth-order valence-corrected chi connectivity index (χ4v) is 4.11.